The van der Waals surface area contributed by atoms with Crippen LogP contribution in [0.15, 0.2) is 71.9 Å². The Bertz CT molecular complexity index is 1160. The molecule has 0 aliphatic carbocycles. The average molecular weight is 431 g/mol. The molecule has 0 bridgehead atoms. The number of nitrogens with zero attached hydrogens (tertiary/aromatic N) is 3. The Morgan fingerprint density at radius 1 is 1.22 bits per heavy atom. The van der Waals surface area contributed by atoms with E-state index in [1.807, 2.05) is 49.5 Å². The average Bonchev–Trinajstić information content (AvgIpc) is 3.30. The van der Waals surface area contributed by atoms with Gasteiger partial charge < -0.3 is 20.5 Å². The number of hydrogen-bond acceptors (Lipinski definition) is 6. The minimum absolute atomic E-state index is 0.0183. The number of likely N-dealkylation sites (tertiary alicyclic amines) is 1. The number of aromatic nitrogens is 3. The molecule has 0 saturated carbocycles. The molecule has 32 heavy (non-hydrogen) atoms. The van der Waals surface area contributed by atoms with Crippen LogP contribution in [0.1, 0.15) is 12.1 Å². The van der Waals surface area contributed by atoms with E-state index in [2.05, 4.69) is 25.6 Å². The van der Waals surface area contributed by atoms with Gasteiger partial charge in [-0.2, -0.15) is 0 Å². The lowest BCUT2D eigenvalue weighted by molar-refractivity contribution is -0.125. The van der Waals surface area contributed by atoms with Crippen LogP contribution in [-0.4, -0.2) is 51.9 Å². The molecule has 0 spiro atoms. The Morgan fingerprint density at radius 2 is 2.12 bits per heavy atom. The number of hydrogen-bond donors (Lipinski definition) is 3. The standard InChI is InChI=1S/C24H26N6O2/c1-25-22-14-17(8-11-27-22)18-13-21(24(32)28-15-18)29-20-9-12-30(16-20)23(31)7-4-6-19-5-2-3-10-26-19/h2-5,7-8,10-11,13-15,20,29H,6,9,12,16H2,1H3,(H,25,27)(H,28,32)/t20-/m1/s1. The Labute approximate surface area is 186 Å². The van der Waals surface area contributed by atoms with Crippen molar-refractivity contribution in [3.05, 3.63) is 83.2 Å². The highest BCUT2D eigenvalue weighted by Crippen LogP contribution is 2.23. The second-order valence-electron chi connectivity index (χ2n) is 7.65. The smallest absolute Gasteiger partial charge is 0.271 e. The number of anilines is 2. The topological polar surface area (TPSA) is 103 Å². The lowest BCUT2D eigenvalue weighted by Gasteiger charge is -2.16. The van der Waals surface area contributed by atoms with Gasteiger partial charge in [0.05, 0.1) is 0 Å². The minimum Gasteiger partial charge on any atom is -0.376 e. The number of carbonyl (C=O) groups excluding carboxylic acids is 1. The van der Waals surface area contributed by atoms with Gasteiger partial charge in [-0.1, -0.05) is 12.1 Å². The third-order valence-corrected chi connectivity index (χ3v) is 5.43. The third kappa shape index (κ3) is 5.21. The van der Waals surface area contributed by atoms with Crippen LogP contribution in [0.5, 0.6) is 0 Å². The zero-order valence-corrected chi connectivity index (χ0v) is 17.9. The Balaban J connectivity index is 1.38. The summed E-state index contributed by atoms with van der Waals surface area (Å²) >= 11 is 0. The highest BCUT2D eigenvalue weighted by molar-refractivity contribution is 5.88. The molecule has 164 valence electrons. The van der Waals surface area contributed by atoms with Crippen LogP contribution in [-0.2, 0) is 11.2 Å². The Morgan fingerprint density at radius 3 is 2.94 bits per heavy atom. The van der Waals surface area contributed by atoms with Gasteiger partial charge in [0.1, 0.15) is 11.5 Å². The van der Waals surface area contributed by atoms with Crippen LogP contribution >= 0.6 is 0 Å². The Hall–Kier alpha value is -3.94. The maximum Gasteiger partial charge on any atom is 0.271 e. The van der Waals surface area contributed by atoms with Gasteiger partial charge in [0, 0.05) is 62.4 Å². The summed E-state index contributed by atoms with van der Waals surface area (Å²) in [5.74, 6) is 0.730. The van der Waals surface area contributed by atoms with Crippen LogP contribution in [0.2, 0.25) is 0 Å². The maximum atomic E-state index is 12.5. The van der Waals surface area contributed by atoms with Crippen molar-refractivity contribution in [3.63, 3.8) is 0 Å². The molecule has 0 radical (unpaired) electrons. The Kier molecular flexibility index (Phi) is 6.60. The lowest BCUT2D eigenvalue weighted by atomic mass is 10.1. The van der Waals surface area contributed by atoms with E-state index in [1.54, 1.807) is 29.6 Å². The summed E-state index contributed by atoms with van der Waals surface area (Å²) in [4.78, 5) is 38.0. The number of carbonyl (C=O) groups is 1. The van der Waals surface area contributed by atoms with Crippen molar-refractivity contribution in [3.8, 4) is 11.1 Å². The first kappa shape index (κ1) is 21.3. The van der Waals surface area contributed by atoms with Crippen LogP contribution in [0, 0.1) is 0 Å². The van der Waals surface area contributed by atoms with E-state index >= 15 is 0 Å². The molecule has 4 heterocycles. The molecule has 0 unspecified atom stereocenters. The number of aromatic amines is 1. The summed E-state index contributed by atoms with van der Waals surface area (Å²) in [6.07, 6.45) is 10.0. The molecule has 8 nitrogen and oxygen atoms in total. The molecule has 1 fully saturated rings. The first-order valence-corrected chi connectivity index (χ1v) is 10.6. The molecule has 3 aromatic rings. The van der Waals surface area contributed by atoms with Crippen molar-refractivity contribution in [2.24, 2.45) is 0 Å². The first-order valence-electron chi connectivity index (χ1n) is 10.6. The van der Waals surface area contributed by atoms with E-state index in [1.165, 1.54) is 0 Å². The fraction of sp³-hybridized carbons (Fsp3) is 0.250. The van der Waals surface area contributed by atoms with Crippen LogP contribution in [0.25, 0.3) is 11.1 Å². The van der Waals surface area contributed by atoms with E-state index in [4.69, 9.17) is 0 Å². The largest absolute Gasteiger partial charge is 0.376 e. The van der Waals surface area contributed by atoms with Gasteiger partial charge in [0.25, 0.3) is 5.56 Å². The number of H-pyrrole nitrogens is 1. The molecule has 4 rings (SSSR count). The van der Waals surface area contributed by atoms with Crippen molar-refractivity contribution >= 4 is 17.4 Å². The first-order chi connectivity index (χ1) is 15.6. The summed E-state index contributed by atoms with van der Waals surface area (Å²) in [6.45, 7) is 1.20. The molecule has 1 saturated heterocycles. The molecule has 3 aromatic heterocycles. The predicted octanol–water partition coefficient (Wildman–Crippen LogP) is 2.69. The number of amides is 1. The monoisotopic (exact) mass is 430 g/mol. The zero-order chi connectivity index (χ0) is 22.3. The molecule has 1 amide bonds. The highest BCUT2D eigenvalue weighted by Gasteiger charge is 2.25. The SMILES string of the molecule is CNc1cc(-c2c[nH]c(=O)c(N[C@@H]3CCN(C(=O)C=CCc4ccccn4)C3)c2)ccn1. The summed E-state index contributed by atoms with van der Waals surface area (Å²) in [7, 11) is 1.81. The van der Waals surface area contributed by atoms with Crippen molar-refractivity contribution < 1.29 is 4.79 Å². The van der Waals surface area contributed by atoms with Crippen LogP contribution in [0.3, 0.4) is 0 Å². The summed E-state index contributed by atoms with van der Waals surface area (Å²) in [6, 6.07) is 11.4. The normalized spacial score (nSPS) is 15.8. The van der Waals surface area contributed by atoms with Gasteiger partial charge in [-0.3, -0.25) is 14.6 Å². The van der Waals surface area contributed by atoms with Crippen LogP contribution < -0.4 is 16.2 Å². The van der Waals surface area contributed by atoms with Gasteiger partial charge >= 0.3 is 0 Å². The fourth-order valence-electron chi connectivity index (χ4n) is 3.71. The van der Waals surface area contributed by atoms with E-state index in [0.717, 1.165) is 29.1 Å². The molecule has 8 heteroatoms. The quantitative estimate of drug-likeness (QED) is 0.498. The lowest BCUT2D eigenvalue weighted by Crippen LogP contribution is -2.31. The van der Waals surface area contributed by atoms with Crippen molar-refractivity contribution in [1.82, 2.24) is 19.9 Å². The number of pyridine rings is 3. The second kappa shape index (κ2) is 9.91. The predicted molar refractivity (Wildman–Crippen MR) is 126 cm³/mol. The minimum atomic E-state index is -0.184. The number of rotatable bonds is 7. The maximum absolute atomic E-state index is 12.5. The van der Waals surface area contributed by atoms with E-state index in [9.17, 15) is 9.59 Å². The summed E-state index contributed by atoms with van der Waals surface area (Å²) < 4.78 is 0. The second-order valence-corrected chi connectivity index (χ2v) is 7.65. The molecule has 3 N–H and O–H groups in total. The highest BCUT2D eigenvalue weighted by atomic mass is 16.2. The zero-order valence-electron chi connectivity index (χ0n) is 17.9. The molecule has 1 aliphatic heterocycles. The van der Waals surface area contributed by atoms with Gasteiger partial charge in [-0.25, -0.2) is 4.98 Å². The molecule has 1 aliphatic rings. The van der Waals surface area contributed by atoms with Gasteiger partial charge in [-0.15, -0.1) is 0 Å². The molecule has 1 atom stereocenters. The van der Waals surface area contributed by atoms with Gasteiger partial charge in [-0.05, 0) is 48.4 Å². The van der Waals surface area contributed by atoms with Crippen molar-refractivity contribution in [2.45, 2.75) is 18.9 Å². The number of nitrogens with one attached hydrogen (secondary N) is 3. The van der Waals surface area contributed by atoms with Crippen molar-refractivity contribution in [2.75, 3.05) is 30.8 Å². The van der Waals surface area contributed by atoms with E-state index < -0.39 is 0 Å². The van der Waals surface area contributed by atoms with Gasteiger partial charge in [0.15, 0.2) is 0 Å². The third-order valence-electron chi connectivity index (χ3n) is 5.43. The van der Waals surface area contributed by atoms with Gasteiger partial charge in [0.2, 0.25) is 5.91 Å². The fourth-order valence-corrected chi connectivity index (χ4v) is 3.71. The van der Waals surface area contributed by atoms with Crippen molar-refractivity contribution in [1.29, 1.82) is 0 Å². The summed E-state index contributed by atoms with van der Waals surface area (Å²) in [5, 5.41) is 6.33. The number of allylic oxidation sites excluding steroid dienone is 1. The summed E-state index contributed by atoms with van der Waals surface area (Å²) in [5.41, 5.74) is 3.07. The molecule has 0 aromatic carbocycles. The van der Waals surface area contributed by atoms with Crippen LogP contribution in [0.4, 0.5) is 11.5 Å². The van der Waals surface area contributed by atoms with E-state index in [-0.39, 0.29) is 17.5 Å². The molecular formula is C24H26N6O2. The molecular weight excluding hydrogens is 404 g/mol. The van der Waals surface area contributed by atoms with E-state index in [0.29, 0.717) is 25.2 Å².